The van der Waals surface area contributed by atoms with Gasteiger partial charge >= 0.3 is 0 Å². The van der Waals surface area contributed by atoms with Crippen molar-refractivity contribution in [3.05, 3.63) is 46.9 Å². The summed E-state index contributed by atoms with van der Waals surface area (Å²) < 4.78 is 9.01. The van der Waals surface area contributed by atoms with Crippen molar-refractivity contribution in [2.45, 2.75) is 51.0 Å². The molecule has 2 N–H and O–H groups in total. The lowest BCUT2D eigenvalue weighted by Crippen LogP contribution is -2.21. The molecule has 1 saturated carbocycles. The van der Waals surface area contributed by atoms with Gasteiger partial charge in [-0.25, -0.2) is 0 Å². The van der Waals surface area contributed by atoms with Crippen LogP contribution in [0.1, 0.15) is 44.9 Å². The van der Waals surface area contributed by atoms with Crippen LogP contribution in [0.2, 0.25) is 0 Å². The third-order valence-electron chi connectivity index (χ3n) is 5.87. The minimum absolute atomic E-state index is 0.444. The lowest BCUT2D eigenvalue weighted by molar-refractivity contribution is 0.304. The van der Waals surface area contributed by atoms with E-state index in [2.05, 4.69) is 46.3 Å². The van der Waals surface area contributed by atoms with E-state index in [4.69, 9.17) is 15.6 Å². The van der Waals surface area contributed by atoms with Gasteiger partial charge in [-0.1, -0.05) is 47.3 Å². The van der Waals surface area contributed by atoms with Gasteiger partial charge in [-0.05, 0) is 55.9 Å². The maximum absolute atomic E-state index is 6.17. The molecule has 154 valence electrons. The quantitative estimate of drug-likeness (QED) is 0.377. The number of aromatic nitrogens is 2. The highest BCUT2D eigenvalue weighted by atomic mass is 79.9. The van der Waals surface area contributed by atoms with Gasteiger partial charge < -0.3 is 10.5 Å². The maximum atomic E-state index is 6.17. The number of aryl methyl sites for hydroxylation is 1. The summed E-state index contributed by atoms with van der Waals surface area (Å²) in [4.78, 5) is 0. The summed E-state index contributed by atoms with van der Waals surface area (Å²) in [6.07, 6.45) is 8.68. The van der Waals surface area contributed by atoms with Gasteiger partial charge in [-0.2, -0.15) is 5.10 Å². The molecular weight excluding hydrogens is 426 g/mol. The van der Waals surface area contributed by atoms with E-state index in [0.29, 0.717) is 6.04 Å². The predicted octanol–water partition coefficient (Wildman–Crippen LogP) is 6.07. The Bertz CT molecular complexity index is 947. The summed E-state index contributed by atoms with van der Waals surface area (Å²) in [5, 5.41) is 5.87. The summed E-state index contributed by atoms with van der Waals surface area (Å²) in [6, 6.07) is 15.0. The second-order valence-electron chi connectivity index (χ2n) is 8.21. The van der Waals surface area contributed by atoms with E-state index in [-0.39, 0.29) is 0 Å². The van der Waals surface area contributed by atoms with Crippen LogP contribution in [0.5, 0.6) is 5.75 Å². The molecule has 0 amide bonds. The first-order valence-corrected chi connectivity index (χ1v) is 11.5. The topological polar surface area (TPSA) is 53.1 Å². The van der Waals surface area contributed by atoms with Crippen molar-refractivity contribution in [3.63, 3.8) is 0 Å². The Morgan fingerprint density at radius 1 is 1.10 bits per heavy atom. The van der Waals surface area contributed by atoms with Gasteiger partial charge in [0.25, 0.3) is 0 Å². The smallest absolute Gasteiger partial charge is 0.121 e. The van der Waals surface area contributed by atoms with Crippen molar-refractivity contribution in [2.75, 3.05) is 6.61 Å². The fourth-order valence-corrected chi connectivity index (χ4v) is 4.20. The summed E-state index contributed by atoms with van der Waals surface area (Å²) >= 11 is 3.49. The molecule has 0 bridgehead atoms. The third kappa shape index (κ3) is 5.20. The Kier molecular flexibility index (Phi) is 6.56. The molecule has 5 heteroatoms. The van der Waals surface area contributed by atoms with Crippen LogP contribution in [0, 0.1) is 5.92 Å². The van der Waals surface area contributed by atoms with Gasteiger partial charge in [0.1, 0.15) is 11.4 Å². The highest BCUT2D eigenvalue weighted by Gasteiger charge is 2.27. The molecule has 3 aromatic rings. The van der Waals surface area contributed by atoms with Gasteiger partial charge in [0, 0.05) is 34.6 Å². The molecular formula is C24H30BrN3O. The average molecular weight is 456 g/mol. The van der Waals surface area contributed by atoms with Crippen molar-refractivity contribution < 1.29 is 4.74 Å². The number of nitrogens with zero attached hydrogens (tertiary/aromatic N) is 2. The molecule has 0 radical (unpaired) electrons. The van der Waals surface area contributed by atoms with Crippen molar-refractivity contribution in [2.24, 2.45) is 18.7 Å². The van der Waals surface area contributed by atoms with Gasteiger partial charge in [0.2, 0.25) is 0 Å². The fourth-order valence-electron chi connectivity index (χ4n) is 3.93. The zero-order valence-electron chi connectivity index (χ0n) is 17.1. The molecule has 1 fully saturated rings. The van der Waals surface area contributed by atoms with Crippen molar-refractivity contribution in [3.8, 4) is 17.0 Å². The number of hydrogen-bond donors (Lipinski definition) is 1. The minimum Gasteiger partial charge on any atom is -0.494 e. The molecule has 0 aliphatic heterocycles. The second-order valence-corrected chi connectivity index (χ2v) is 9.13. The molecule has 1 aliphatic rings. The number of unbranched alkanes of at least 4 members (excludes halogenated alkanes) is 3. The molecule has 0 saturated heterocycles. The molecule has 4 rings (SSSR count). The van der Waals surface area contributed by atoms with Gasteiger partial charge in [-0.3, -0.25) is 4.68 Å². The number of halogens is 1. The molecule has 1 aliphatic carbocycles. The zero-order valence-corrected chi connectivity index (χ0v) is 18.7. The van der Waals surface area contributed by atoms with E-state index < -0.39 is 0 Å². The predicted molar refractivity (Wildman–Crippen MR) is 123 cm³/mol. The molecule has 29 heavy (non-hydrogen) atoms. The first kappa shape index (κ1) is 20.4. The minimum atomic E-state index is 0.444. The Hall–Kier alpha value is -1.85. The Labute approximate surface area is 181 Å². The fraction of sp³-hybridized carbons (Fsp3) is 0.458. The average Bonchev–Trinajstić information content (AvgIpc) is 3.53. The molecule has 2 aromatic carbocycles. The zero-order chi connectivity index (χ0) is 20.2. The van der Waals surface area contributed by atoms with Crippen LogP contribution in [0.4, 0.5) is 0 Å². The standard InChI is InChI=1S/C24H30BrN3O/c1-28-23-16-20(29-15-5-3-2-4-6-22(26)17-7-8-17)13-14-21(23)24(27-28)18-9-11-19(25)12-10-18/h9-14,16-17,22H,2-8,15,26H2,1H3. The number of hydrogen-bond acceptors (Lipinski definition) is 3. The molecule has 1 unspecified atom stereocenters. The Morgan fingerprint density at radius 2 is 1.86 bits per heavy atom. The van der Waals surface area contributed by atoms with Crippen LogP contribution in [-0.4, -0.2) is 22.4 Å². The normalized spacial score (nSPS) is 15.0. The number of ether oxygens (including phenoxy) is 1. The third-order valence-corrected chi connectivity index (χ3v) is 6.40. The van der Waals surface area contributed by atoms with Crippen molar-refractivity contribution >= 4 is 26.8 Å². The van der Waals surface area contributed by atoms with Crippen LogP contribution >= 0.6 is 15.9 Å². The number of benzene rings is 2. The summed E-state index contributed by atoms with van der Waals surface area (Å²) in [5.74, 6) is 1.74. The summed E-state index contributed by atoms with van der Waals surface area (Å²) in [7, 11) is 1.99. The molecule has 1 aromatic heterocycles. The summed E-state index contributed by atoms with van der Waals surface area (Å²) in [6.45, 7) is 0.762. The second kappa shape index (κ2) is 9.31. The SMILES string of the molecule is Cn1nc(-c2ccc(Br)cc2)c2ccc(OCCCCCCC(N)C3CC3)cc21. The van der Waals surface area contributed by atoms with Gasteiger partial charge in [-0.15, -0.1) is 0 Å². The van der Waals surface area contributed by atoms with E-state index in [1.54, 1.807) is 0 Å². The van der Waals surface area contributed by atoms with Gasteiger partial charge in [0.05, 0.1) is 12.1 Å². The Balaban J connectivity index is 1.29. The number of rotatable bonds is 10. The summed E-state index contributed by atoms with van der Waals surface area (Å²) in [5.41, 5.74) is 9.38. The Morgan fingerprint density at radius 3 is 2.62 bits per heavy atom. The van der Waals surface area contributed by atoms with Crippen LogP contribution in [0.25, 0.3) is 22.2 Å². The first-order valence-electron chi connectivity index (χ1n) is 10.7. The number of nitrogens with two attached hydrogens (primary N) is 1. The van der Waals surface area contributed by atoms with Crippen molar-refractivity contribution in [1.29, 1.82) is 0 Å². The van der Waals surface area contributed by atoms with E-state index in [0.717, 1.165) is 51.3 Å². The lowest BCUT2D eigenvalue weighted by atomic mass is 10.0. The van der Waals surface area contributed by atoms with E-state index in [9.17, 15) is 0 Å². The maximum Gasteiger partial charge on any atom is 0.121 e. The van der Waals surface area contributed by atoms with Crippen molar-refractivity contribution in [1.82, 2.24) is 9.78 Å². The van der Waals surface area contributed by atoms with Gasteiger partial charge in [0.15, 0.2) is 0 Å². The van der Waals surface area contributed by atoms with E-state index in [1.165, 1.54) is 38.5 Å². The molecule has 4 nitrogen and oxygen atoms in total. The lowest BCUT2D eigenvalue weighted by Gasteiger charge is -2.10. The van der Waals surface area contributed by atoms with Crippen LogP contribution in [0.3, 0.4) is 0 Å². The van der Waals surface area contributed by atoms with Crippen LogP contribution < -0.4 is 10.5 Å². The van der Waals surface area contributed by atoms with Crippen LogP contribution in [0.15, 0.2) is 46.9 Å². The molecule has 1 atom stereocenters. The molecule has 0 spiro atoms. The van der Waals surface area contributed by atoms with Crippen LogP contribution in [-0.2, 0) is 7.05 Å². The van der Waals surface area contributed by atoms with E-state index >= 15 is 0 Å². The highest BCUT2D eigenvalue weighted by molar-refractivity contribution is 9.10. The molecule has 1 heterocycles. The monoisotopic (exact) mass is 455 g/mol. The van der Waals surface area contributed by atoms with E-state index in [1.807, 2.05) is 23.9 Å². The largest absolute Gasteiger partial charge is 0.494 e. The number of fused-ring (bicyclic) bond motifs is 1. The first-order chi connectivity index (χ1) is 14.1. The highest BCUT2D eigenvalue weighted by Crippen LogP contribution is 2.33.